The lowest BCUT2D eigenvalue weighted by atomic mass is 10.0. The normalized spacial score (nSPS) is 18.6. The van der Waals surface area contributed by atoms with Crippen LogP contribution in [0, 0.1) is 5.82 Å². The first kappa shape index (κ1) is 28.6. The van der Waals surface area contributed by atoms with E-state index in [0.29, 0.717) is 53.4 Å². The molecule has 0 aliphatic carbocycles. The van der Waals surface area contributed by atoms with Crippen LogP contribution in [0.2, 0.25) is 5.02 Å². The maximum absolute atomic E-state index is 14.8. The van der Waals surface area contributed by atoms with Crippen molar-refractivity contribution in [2.24, 2.45) is 0 Å². The predicted octanol–water partition coefficient (Wildman–Crippen LogP) is 5.17. The lowest BCUT2D eigenvalue weighted by Gasteiger charge is -2.26. The molecule has 2 N–H and O–H groups in total. The van der Waals surface area contributed by atoms with Crippen molar-refractivity contribution in [3.63, 3.8) is 0 Å². The second-order valence-corrected chi connectivity index (χ2v) is 10.5. The van der Waals surface area contributed by atoms with E-state index in [0.717, 1.165) is 25.2 Å². The number of aromatic nitrogens is 2. The van der Waals surface area contributed by atoms with Crippen LogP contribution in [0.1, 0.15) is 24.4 Å². The van der Waals surface area contributed by atoms with Crippen LogP contribution in [0.3, 0.4) is 0 Å². The standard InChI is InChI=1S/C29H33ClFN7O3/c1-5-28(39)35-21-13-22(25(40-4)14-24(21)37-11-9-18(16-37)36(2)3)34-26-15-27(33-17-32-26)38-23(10-12-41-38)19-7-6-8-20(30)29(19)31/h5-8,13-15,17-18,23H,1,9-12,16H2,2-4H3,(H,35,39)(H,32,33,34). The molecule has 5 rings (SSSR count). The van der Waals surface area contributed by atoms with Crippen LogP contribution in [0.15, 0.2) is 55.4 Å². The number of nitrogens with one attached hydrogen (secondary N) is 2. The summed E-state index contributed by atoms with van der Waals surface area (Å²) in [6, 6.07) is 10.3. The molecule has 0 spiro atoms. The minimum Gasteiger partial charge on any atom is -0.494 e. The van der Waals surface area contributed by atoms with Crippen molar-refractivity contribution in [3.05, 3.63) is 71.8 Å². The number of nitrogens with zero attached hydrogens (tertiary/aromatic N) is 5. The number of ether oxygens (including phenoxy) is 1. The number of likely N-dealkylation sites (N-methyl/N-ethyl adjacent to an activating group) is 1. The molecule has 2 unspecified atom stereocenters. The molecular formula is C29H33ClFN7O3. The Morgan fingerprint density at radius 1 is 1.24 bits per heavy atom. The maximum Gasteiger partial charge on any atom is 0.247 e. The summed E-state index contributed by atoms with van der Waals surface area (Å²) in [6.45, 7) is 5.65. The zero-order chi connectivity index (χ0) is 29.1. The molecule has 10 nitrogen and oxygen atoms in total. The number of carbonyl (C=O) groups is 1. The minimum absolute atomic E-state index is 0.0560. The highest BCUT2D eigenvalue weighted by molar-refractivity contribution is 6.30. The second kappa shape index (κ2) is 12.3. The molecule has 2 saturated heterocycles. The summed E-state index contributed by atoms with van der Waals surface area (Å²) in [5.41, 5.74) is 2.49. The van der Waals surface area contributed by atoms with E-state index in [1.165, 1.54) is 18.5 Å². The van der Waals surface area contributed by atoms with E-state index in [1.54, 1.807) is 30.4 Å². The summed E-state index contributed by atoms with van der Waals surface area (Å²) in [7, 11) is 5.73. The first-order valence-corrected chi connectivity index (χ1v) is 13.7. The van der Waals surface area contributed by atoms with Crippen LogP contribution in [-0.2, 0) is 9.63 Å². The average Bonchev–Trinajstić information content (AvgIpc) is 3.66. The molecule has 2 aliphatic heterocycles. The van der Waals surface area contributed by atoms with Gasteiger partial charge >= 0.3 is 0 Å². The van der Waals surface area contributed by atoms with Crippen LogP contribution in [0.5, 0.6) is 5.75 Å². The van der Waals surface area contributed by atoms with E-state index in [4.69, 9.17) is 21.2 Å². The Kier molecular flexibility index (Phi) is 8.57. The molecule has 3 aromatic rings. The average molecular weight is 582 g/mol. The fourth-order valence-corrected chi connectivity index (χ4v) is 5.37. The van der Waals surface area contributed by atoms with Gasteiger partial charge in [-0.1, -0.05) is 30.3 Å². The van der Waals surface area contributed by atoms with E-state index < -0.39 is 11.9 Å². The summed E-state index contributed by atoms with van der Waals surface area (Å²) in [5.74, 6) is 0.682. The van der Waals surface area contributed by atoms with Crippen molar-refractivity contribution in [2.45, 2.75) is 24.9 Å². The highest BCUT2D eigenvalue weighted by atomic mass is 35.5. The van der Waals surface area contributed by atoms with Crippen LogP contribution >= 0.6 is 11.6 Å². The van der Waals surface area contributed by atoms with Gasteiger partial charge in [-0.05, 0) is 38.7 Å². The molecule has 1 amide bonds. The van der Waals surface area contributed by atoms with Crippen molar-refractivity contribution in [1.82, 2.24) is 14.9 Å². The monoisotopic (exact) mass is 581 g/mol. The van der Waals surface area contributed by atoms with Gasteiger partial charge in [-0.2, -0.15) is 0 Å². The minimum atomic E-state index is -0.476. The quantitative estimate of drug-likeness (QED) is 0.332. The molecule has 0 radical (unpaired) electrons. The third-order valence-corrected chi connectivity index (χ3v) is 7.67. The smallest absolute Gasteiger partial charge is 0.247 e. The van der Waals surface area contributed by atoms with E-state index in [1.807, 2.05) is 12.1 Å². The molecular weight excluding hydrogens is 549 g/mol. The highest BCUT2D eigenvalue weighted by Crippen LogP contribution is 2.41. The zero-order valence-electron chi connectivity index (χ0n) is 23.2. The number of benzene rings is 2. The molecule has 2 aliphatic rings. The van der Waals surface area contributed by atoms with Gasteiger partial charge < -0.3 is 25.2 Å². The van der Waals surface area contributed by atoms with E-state index in [-0.39, 0.29) is 10.9 Å². The Morgan fingerprint density at radius 3 is 2.80 bits per heavy atom. The molecule has 41 heavy (non-hydrogen) atoms. The van der Waals surface area contributed by atoms with Gasteiger partial charge in [-0.3, -0.25) is 9.63 Å². The third-order valence-electron chi connectivity index (χ3n) is 7.38. The topological polar surface area (TPSA) is 95.1 Å². The van der Waals surface area contributed by atoms with E-state index >= 15 is 0 Å². The van der Waals surface area contributed by atoms with E-state index in [9.17, 15) is 9.18 Å². The summed E-state index contributed by atoms with van der Waals surface area (Å²) < 4.78 is 20.6. The van der Waals surface area contributed by atoms with Gasteiger partial charge in [0.2, 0.25) is 5.91 Å². The Bertz CT molecular complexity index is 1440. The number of hydroxylamine groups is 1. The first-order valence-electron chi connectivity index (χ1n) is 13.3. The Hall–Kier alpha value is -3.93. The van der Waals surface area contributed by atoms with Gasteiger partial charge in [-0.15, -0.1) is 0 Å². The number of amides is 1. The Balaban J connectivity index is 1.45. The van der Waals surface area contributed by atoms with Crippen LogP contribution < -0.4 is 25.3 Å². The van der Waals surface area contributed by atoms with Crippen molar-refractivity contribution in [1.29, 1.82) is 0 Å². The summed E-state index contributed by atoms with van der Waals surface area (Å²) >= 11 is 6.04. The number of anilines is 5. The number of halogens is 2. The fraction of sp³-hybridized carbons (Fsp3) is 0.345. The zero-order valence-corrected chi connectivity index (χ0v) is 24.0. The van der Waals surface area contributed by atoms with Crippen molar-refractivity contribution < 1.29 is 18.8 Å². The van der Waals surface area contributed by atoms with Gasteiger partial charge in [0.1, 0.15) is 23.7 Å². The molecule has 3 heterocycles. The molecule has 1 aromatic heterocycles. The fourth-order valence-electron chi connectivity index (χ4n) is 5.19. The Morgan fingerprint density at radius 2 is 2.07 bits per heavy atom. The SMILES string of the molecule is C=CC(=O)Nc1cc(Nc2cc(N3OCCC3c3cccc(Cl)c3F)ncn2)c(OC)cc1N1CCC(N(C)C)C1. The number of rotatable bonds is 9. The number of hydrogen-bond donors (Lipinski definition) is 2. The van der Waals surface area contributed by atoms with Gasteiger partial charge in [0.15, 0.2) is 5.82 Å². The lowest BCUT2D eigenvalue weighted by molar-refractivity contribution is -0.111. The molecule has 0 bridgehead atoms. The lowest BCUT2D eigenvalue weighted by Crippen LogP contribution is -2.31. The summed E-state index contributed by atoms with van der Waals surface area (Å²) in [4.78, 5) is 31.4. The largest absolute Gasteiger partial charge is 0.494 e. The highest BCUT2D eigenvalue weighted by Gasteiger charge is 2.32. The van der Waals surface area contributed by atoms with Gasteiger partial charge in [-0.25, -0.2) is 19.4 Å². The van der Waals surface area contributed by atoms with Gasteiger partial charge in [0, 0.05) is 43.2 Å². The molecule has 12 heteroatoms. The van der Waals surface area contributed by atoms with Crippen LogP contribution in [0.4, 0.5) is 33.1 Å². The van der Waals surface area contributed by atoms with Crippen molar-refractivity contribution >= 4 is 46.2 Å². The number of hydrogen-bond acceptors (Lipinski definition) is 9. The third kappa shape index (κ3) is 6.07. The van der Waals surface area contributed by atoms with Gasteiger partial charge in [0.05, 0.1) is 41.8 Å². The molecule has 2 fully saturated rings. The number of methoxy groups -OCH3 is 1. The molecule has 0 saturated carbocycles. The van der Waals surface area contributed by atoms with Crippen LogP contribution in [0.25, 0.3) is 0 Å². The van der Waals surface area contributed by atoms with Gasteiger partial charge in [0.25, 0.3) is 0 Å². The van der Waals surface area contributed by atoms with Crippen molar-refractivity contribution in [2.75, 3.05) is 61.5 Å². The predicted molar refractivity (Wildman–Crippen MR) is 159 cm³/mol. The first-order chi connectivity index (χ1) is 19.8. The second-order valence-electron chi connectivity index (χ2n) is 10.1. The van der Waals surface area contributed by atoms with E-state index in [2.05, 4.69) is 51.1 Å². The molecule has 2 atom stereocenters. The Labute approximate surface area is 243 Å². The van der Waals surface area contributed by atoms with Crippen molar-refractivity contribution in [3.8, 4) is 5.75 Å². The summed E-state index contributed by atoms with van der Waals surface area (Å²) in [5, 5.41) is 7.85. The van der Waals surface area contributed by atoms with Crippen LogP contribution in [-0.4, -0.2) is 67.7 Å². The molecule has 216 valence electrons. The summed E-state index contributed by atoms with van der Waals surface area (Å²) in [6.07, 6.45) is 4.21. The molecule has 2 aromatic carbocycles. The maximum atomic E-state index is 14.8. The number of carbonyl (C=O) groups excluding carboxylic acids is 1.